The highest BCUT2D eigenvalue weighted by molar-refractivity contribution is 5.94. The molecule has 2 aliphatic rings. The van der Waals surface area contributed by atoms with Crippen LogP contribution in [0.4, 0.5) is 4.79 Å². The second kappa shape index (κ2) is 4.56. The van der Waals surface area contributed by atoms with E-state index in [1.807, 2.05) is 6.92 Å². The van der Waals surface area contributed by atoms with Gasteiger partial charge in [-0.2, -0.15) is 0 Å². The number of amides is 1. The number of hydrogen-bond acceptors (Lipinski definition) is 3. The van der Waals surface area contributed by atoms with Crippen LogP contribution in [-0.2, 0) is 4.84 Å². The standard InChI is InChI=1S/C14H24N2O2/c1-5-8-15-12(17)18-16-11-9-10-6-7-14(11,4)13(10,2)3/h10H,5-9H2,1-4H3,(H,15,17). The van der Waals surface area contributed by atoms with Crippen LogP contribution in [0.2, 0.25) is 0 Å². The molecule has 18 heavy (non-hydrogen) atoms. The topological polar surface area (TPSA) is 50.7 Å². The number of fused-ring (bicyclic) bond motifs is 2. The van der Waals surface area contributed by atoms with E-state index in [1.165, 1.54) is 6.42 Å². The molecule has 0 aromatic rings. The molecule has 4 nitrogen and oxygen atoms in total. The van der Waals surface area contributed by atoms with Gasteiger partial charge >= 0.3 is 6.09 Å². The van der Waals surface area contributed by atoms with Crippen LogP contribution in [0.3, 0.4) is 0 Å². The predicted octanol–water partition coefficient (Wildman–Crippen LogP) is 3.32. The van der Waals surface area contributed by atoms with Gasteiger partial charge in [0.05, 0.1) is 5.71 Å². The minimum atomic E-state index is -0.437. The number of hydrogen-bond donors (Lipinski definition) is 1. The van der Waals surface area contributed by atoms with Gasteiger partial charge in [-0.3, -0.25) is 4.84 Å². The van der Waals surface area contributed by atoms with Gasteiger partial charge in [0.1, 0.15) is 0 Å². The van der Waals surface area contributed by atoms with Crippen molar-refractivity contribution in [3.8, 4) is 0 Å². The quantitative estimate of drug-likeness (QED) is 0.618. The van der Waals surface area contributed by atoms with E-state index in [0.717, 1.165) is 25.0 Å². The lowest BCUT2D eigenvalue weighted by Crippen LogP contribution is -2.33. The average Bonchev–Trinajstić information content (AvgIpc) is 2.66. The minimum Gasteiger partial charge on any atom is -0.320 e. The molecule has 2 unspecified atom stereocenters. The van der Waals surface area contributed by atoms with Crippen LogP contribution in [0, 0.1) is 16.7 Å². The number of oxime groups is 1. The molecule has 1 amide bonds. The maximum atomic E-state index is 11.4. The van der Waals surface area contributed by atoms with Crippen LogP contribution in [0.15, 0.2) is 5.16 Å². The second-order valence-corrected chi connectivity index (χ2v) is 6.34. The smallest absolute Gasteiger partial charge is 0.320 e. The molecule has 0 saturated heterocycles. The largest absolute Gasteiger partial charge is 0.433 e. The van der Waals surface area contributed by atoms with Crippen molar-refractivity contribution in [2.24, 2.45) is 21.9 Å². The second-order valence-electron chi connectivity index (χ2n) is 6.34. The first-order valence-electron chi connectivity index (χ1n) is 6.94. The summed E-state index contributed by atoms with van der Waals surface area (Å²) in [6, 6.07) is 0. The minimum absolute atomic E-state index is 0.0999. The first kappa shape index (κ1) is 13.4. The SMILES string of the molecule is CCCNC(=O)ON=C1CC2CCC1(C)C2(C)C. The molecule has 0 aliphatic heterocycles. The van der Waals surface area contributed by atoms with Gasteiger partial charge in [-0.15, -0.1) is 0 Å². The van der Waals surface area contributed by atoms with Crippen molar-refractivity contribution in [2.45, 2.75) is 53.4 Å². The fourth-order valence-electron chi connectivity index (χ4n) is 3.42. The highest BCUT2D eigenvalue weighted by Gasteiger charge is 2.60. The normalized spacial score (nSPS) is 34.9. The molecule has 1 N–H and O–H groups in total. The lowest BCUT2D eigenvalue weighted by molar-refractivity contribution is 0.146. The van der Waals surface area contributed by atoms with Crippen molar-refractivity contribution < 1.29 is 9.63 Å². The Morgan fingerprint density at radius 2 is 2.22 bits per heavy atom. The van der Waals surface area contributed by atoms with Crippen LogP contribution in [0.5, 0.6) is 0 Å². The number of nitrogens with one attached hydrogen (secondary N) is 1. The zero-order valence-corrected chi connectivity index (χ0v) is 11.9. The van der Waals surface area contributed by atoms with Crippen molar-refractivity contribution in [1.29, 1.82) is 0 Å². The van der Waals surface area contributed by atoms with Crippen LogP contribution in [-0.4, -0.2) is 18.3 Å². The van der Waals surface area contributed by atoms with Crippen LogP contribution in [0.25, 0.3) is 0 Å². The first-order valence-corrected chi connectivity index (χ1v) is 6.94. The van der Waals surface area contributed by atoms with Crippen molar-refractivity contribution in [3.05, 3.63) is 0 Å². The van der Waals surface area contributed by atoms with Gasteiger partial charge < -0.3 is 5.32 Å². The molecule has 0 aromatic carbocycles. The Kier molecular flexibility index (Phi) is 3.39. The van der Waals surface area contributed by atoms with Crippen molar-refractivity contribution in [2.75, 3.05) is 6.54 Å². The van der Waals surface area contributed by atoms with Crippen LogP contribution >= 0.6 is 0 Å². The van der Waals surface area contributed by atoms with E-state index in [1.54, 1.807) is 0 Å². The summed E-state index contributed by atoms with van der Waals surface area (Å²) in [7, 11) is 0. The van der Waals surface area contributed by atoms with E-state index in [4.69, 9.17) is 4.84 Å². The summed E-state index contributed by atoms with van der Waals surface area (Å²) in [5.41, 5.74) is 1.44. The lowest BCUT2D eigenvalue weighted by atomic mass is 9.70. The Labute approximate surface area is 109 Å². The van der Waals surface area contributed by atoms with Crippen molar-refractivity contribution >= 4 is 11.8 Å². The van der Waals surface area contributed by atoms with E-state index in [0.29, 0.717) is 12.5 Å². The Morgan fingerprint density at radius 1 is 1.50 bits per heavy atom. The van der Waals surface area contributed by atoms with E-state index >= 15 is 0 Å². The molecule has 2 rings (SSSR count). The van der Waals surface area contributed by atoms with E-state index in [2.05, 4.69) is 31.2 Å². The molecule has 2 saturated carbocycles. The number of carbonyl (C=O) groups excluding carboxylic acids is 1. The third kappa shape index (κ3) is 1.91. The molecular formula is C14H24N2O2. The summed E-state index contributed by atoms with van der Waals surface area (Å²) >= 11 is 0. The summed E-state index contributed by atoms with van der Waals surface area (Å²) in [4.78, 5) is 16.4. The Bertz CT molecular complexity index is 376. The molecule has 2 atom stereocenters. The van der Waals surface area contributed by atoms with Gasteiger partial charge in [0.15, 0.2) is 0 Å². The zero-order chi connectivity index (χ0) is 13.4. The van der Waals surface area contributed by atoms with Gasteiger partial charge in [-0.1, -0.05) is 32.9 Å². The summed E-state index contributed by atoms with van der Waals surface area (Å²) in [5.74, 6) is 0.684. The monoisotopic (exact) mass is 252 g/mol. The Hall–Kier alpha value is -1.06. The first-order chi connectivity index (χ1) is 8.41. The third-order valence-corrected chi connectivity index (χ3v) is 5.27. The zero-order valence-electron chi connectivity index (χ0n) is 11.9. The highest BCUT2D eigenvalue weighted by Crippen LogP contribution is 2.63. The number of rotatable bonds is 3. The van der Waals surface area contributed by atoms with E-state index in [9.17, 15) is 4.79 Å². The van der Waals surface area contributed by atoms with Gasteiger partial charge in [0, 0.05) is 12.0 Å². The maximum absolute atomic E-state index is 11.4. The van der Waals surface area contributed by atoms with Crippen molar-refractivity contribution in [1.82, 2.24) is 5.32 Å². The molecule has 102 valence electrons. The summed E-state index contributed by atoms with van der Waals surface area (Å²) in [5, 5.41) is 6.80. The number of nitrogens with zero attached hydrogens (tertiary/aromatic N) is 1. The highest BCUT2D eigenvalue weighted by atomic mass is 16.7. The van der Waals surface area contributed by atoms with E-state index in [-0.39, 0.29) is 10.8 Å². The van der Waals surface area contributed by atoms with Gasteiger partial charge in [0.2, 0.25) is 0 Å². The molecule has 2 aliphatic carbocycles. The van der Waals surface area contributed by atoms with Gasteiger partial charge in [-0.25, -0.2) is 4.79 Å². The van der Waals surface area contributed by atoms with Gasteiger partial charge in [0.25, 0.3) is 0 Å². The molecule has 4 heteroatoms. The third-order valence-electron chi connectivity index (χ3n) is 5.27. The molecule has 2 fully saturated rings. The van der Waals surface area contributed by atoms with Crippen LogP contribution in [0.1, 0.15) is 53.4 Å². The molecule has 2 bridgehead atoms. The van der Waals surface area contributed by atoms with Crippen LogP contribution < -0.4 is 5.32 Å². The summed E-state index contributed by atoms with van der Waals surface area (Å²) in [6.07, 6.45) is 3.87. The Morgan fingerprint density at radius 3 is 2.72 bits per heavy atom. The predicted molar refractivity (Wildman–Crippen MR) is 71.4 cm³/mol. The lowest BCUT2D eigenvalue weighted by Gasteiger charge is -2.34. The summed E-state index contributed by atoms with van der Waals surface area (Å²) in [6.45, 7) is 9.52. The molecular weight excluding hydrogens is 228 g/mol. The molecule has 0 heterocycles. The van der Waals surface area contributed by atoms with Gasteiger partial charge in [-0.05, 0) is 37.0 Å². The van der Waals surface area contributed by atoms with E-state index < -0.39 is 6.09 Å². The number of carbonyl (C=O) groups is 1. The fourth-order valence-corrected chi connectivity index (χ4v) is 3.42. The maximum Gasteiger partial charge on any atom is 0.433 e. The van der Waals surface area contributed by atoms with Crippen molar-refractivity contribution in [3.63, 3.8) is 0 Å². The summed E-state index contributed by atoms with van der Waals surface area (Å²) < 4.78 is 0. The Balaban J connectivity index is 2.01. The molecule has 0 aromatic heterocycles. The molecule has 0 spiro atoms. The molecule has 0 radical (unpaired) electrons. The fraction of sp³-hybridized carbons (Fsp3) is 0.857. The average molecular weight is 252 g/mol.